The summed E-state index contributed by atoms with van der Waals surface area (Å²) >= 11 is 0. The lowest BCUT2D eigenvalue weighted by molar-refractivity contribution is 0.102. The van der Waals surface area contributed by atoms with Crippen molar-refractivity contribution in [3.05, 3.63) is 73.6 Å². The van der Waals surface area contributed by atoms with Crippen LogP contribution in [-0.2, 0) is 0 Å². The molecular weight excluding hydrogens is 310 g/mol. The van der Waals surface area contributed by atoms with E-state index in [0.29, 0.717) is 22.4 Å². The number of fused-ring (bicyclic) bond motifs is 1. The van der Waals surface area contributed by atoms with E-state index >= 15 is 0 Å². The molecule has 0 unspecified atom stereocenters. The van der Waals surface area contributed by atoms with Gasteiger partial charge in [-0.25, -0.2) is 9.59 Å². The van der Waals surface area contributed by atoms with Gasteiger partial charge in [-0.05, 0) is 44.0 Å². The first-order valence-electron chi connectivity index (χ1n) is 7.32. The van der Waals surface area contributed by atoms with Crippen molar-refractivity contribution < 1.29 is 13.6 Å². The summed E-state index contributed by atoms with van der Waals surface area (Å²) in [5.41, 5.74) is 1.57. The van der Waals surface area contributed by atoms with Crippen molar-refractivity contribution in [1.82, 2.24) is 0 Å². The molecule has 1 N–H and O–H groups in total. The molecule has 0 aliphatic carbocycles. The predicted molar refractivity (Wildman–Crippen MR) is 89.6 cm³/mol. The lowest BCUT2D eigenvalue weighted by Crippen LogP contribution is -2.17. The lowest BCUT2D eigenvalue weighted by atomic mass is 10.1. The third-order valence-electron chi connectivity index (χ3n) is 3.77. The molecule has 1 aromatic carbocycles. The molecule has 0 radical (unpaired) electrons. The molecule has 0 saturated carbocycles. The second-order valence-electron chi connectivity index (χ2n) is 5.59. The van der Waals surface area contributed by atoms with Crippen LogP contribution < -0.4 is 16.6 Å². The Morgan fingerprint density at radius 2 is 1.58 bits per heavy atom. The minimum absolute atomic E-state index is 0.251. The Morgan fingerprint density at radius 3 is 2.29 bits per heavy atom. The summed E-state index contributed by atoms with van der Waals surface area (Å²) in [4.78, 5) is 35.3. The number of carbonyl (C=O) groups is 1. The highest BCUT2D eigenvalue weighted by atomic mass is 16.4. The van der Waals surface area contributed by atoms with Crippen molar-refractivity contribution in [3.63, 3.8) is 0 Å². The van der Waals surface area contributed by atoms with Crippen LogP contribution in [0.2, 0.25) is 0 Å². The molecule has 3 rings (SSSR count). The molecule has 0 spiro atoms. The van der Waals surface area contributed by atoms with Crippen LogP contribution in [0, 0.1) is 20.8 Å². The molecule has 0 saturated heterocycles. The number of rotatable bonds is 2. The molecule has 0 atom stereocenters. The van der Waals surface area contributed by atoms with Gasteiger partial charge in [0.25, 0.3) is 5.91 Å². The minimum Gasteiger partial charge on any atom is -0.427 e. The van der Waals surface area contributed by atoms with E-state index in [1.807, 2.05) is 6.92 Å². The van der Waals surface area contributed by atoms with Crippen LogP contribution in [-0.4, -0.2) is 5.91 Å². The van der Waals surface area contributed by atoms with Crippen LogP contribution in [0.5, 0.6) is 0 Å². The second-order valence-corrected chi connectivity index (χ2v) is 5.59. The lowest BCUT2D eigenvalue weighted by Gasteiger charge is -2.10. The van der Waals surface area contributed by atoms with Crippen LogP contribution in [0.1, 0.15) is 27.2 Å². The Balaban J connectivity index is 2.00. The first-order valence-corrected chi connectivity index (χ1v) is 7.32. The van der Waals surface area contributed by atoms with E-state index in [-0.39, 0.29) is 5.76 Å². The van der Waals surface area contributed by atoms with Crippen molar-refractivity contribution >= 4 is 22.6 Å². The Kier molecular flexibility index (Phi) is 3.81. The van der Waals surface area contributed by atoms with Crippen LogP contribution >= 0.6 is 0 Å². The van der Waals surface area contributed by atoms with Gasteiger partial charge in [0.05, 0.1) is 5.56 Å². The molecule has 2 heterocycles. The Hall–Kier alpha value is -3.15. The van der Waals surface area contributed by atoms with E-state index < -0.39 is 17.2 Å². The zero-order valence-corrected chi connectivity index (χ0v) is 13.4. The minimum atomic E-state index is -0.496. The van der Waals surface area contributed by atoms with E-state index in [0.717, 1.165) is 10.9 Å². The van der Waals surface area contributed by atoms with Crippen molar-refractivity contribution in [2.75, 3.05) is 5.32 Å². The van der Waals surface area contributed by atoms with E-state index in [1.54, 1.807) is 32.0 Å². The highest BCUT2D eigenvalue weighted by molar-refractivity contribution is 6.06. The van der Waals surface area contributed by atoms with Gasteiger partial charge in [0, 0.05) is 29.3 Å². The average molecular weight is 325 g/mol. The number of benzene rings is 1. The number of carbonyl (C=O) groups excluding carboxylic acids is 1. The van der Waals surface area contributed by atoms with Crippen molar-refractivity contribution in [1.29, 1.82) is 0 Å². The van der Waals surface area contributed by atoms with E-state index in [2.05, 4.69) is 5.32 Å². The smallest absolute Gasteiger partial charge is 0.336 e. The molecule has 6 nitrogen and oxygen atoms in total. The molecular formula is C18H15NO5. The average Bonchev–Trinajstić information content (AvgIpc) is 2.45. The highest BCUT2D eigenvalue weighted by Gasteiger charge is 2.16. The monoisotopic (exact) mass is 325 g/mol. The molecule has 2 aromatic heterocycles. The van der Waals surface area contributed by atoms with E-state index in [4.69, 9.17) is 8.83 Å². The Morgan fingerprint density at radius 1 is 0.917 bits per heavy atom. The Bertz CT molecular complexity index is 1050. The number of aryl methyl sites for hydroxylation is 3. The van der Waals surface area contributed by atoms with Gasteiger partial charge < -0.3 is 14.2 Å². The summed E-state index contributed by atoms with van der Waals surface area (Å²) < 4.78 is 10.1. The SMILES string of the molecule is Cc1cc(=O)oc(C)c1C(=O)Nc1ccc2c(C)cc(=O)oc2c1. The second kappa shape index (κ2) is 5.81. The Labute approximate surface area is 136 Å². The molecule has 24 heavy (non-hydrogen) atoms. The topological polar surface area (TPSA) is 89.5 Å². The van der Waals surface area contributed by atoms with Crippen LogP contribution in [0.15, 0.2) is 48.8 Å². The zero-order valence-electron chi connectivity index (χ0n) is 13.4. The summed E-state index contributed by atoms with van der Waals surface area (Å²) in [5, 5.41) is 3.52. The standard InChI is InChI=1S/C18H15NO5/c1-9-6-16(21)24-14-8-12(4-5-13(9)14)19-18(22)17-10(2)7-15(20)23-11(17)3/h4-8H,1-3H3,(H,19,22). The number of nitrogens with one attached hydrogen (secondary N) is 1. The van der Waals surface area contributed by atoms with E-state index in [1.165, 1.54) is 12.1 Å². The summed E-state index contributed by atoms with van der Waals surface area (Å²) in [5.74, 6) is -0.149. The van der Waals surface area contributed by atoms with Gasteiger partial charge in [-0.2, -0.15) is 0 Å². The fourth-order valence-corrected chi connectivity index (χ4v) is 2.69. The van der Waals surface area contributed by atoms with E-state index in [9.17, 15) is 14.4 Å². The fraction of sp³-hybridized carbons (Fsp3) is 0.167. The quantitative estimate of drug-likeness (QED) is 0.732. The fourth-order valence-electron chi connectivity index (χ4n) is 2.69. The largest absolute Gasteiger partial charge is 0.427 e. The molecule has 0 aliphatic heterocycles. The zero-order chi connectivity index (χ0) is 17.4. The molecule has 6 heteroatoms. The third kappa shape index (κ3) is 2.86. The number of hydrogen-bond acceptors (Lipinski definition) is 5. The molecule has 0 aliphatic rings. The normalized spacial score (nSPS) is 10.8. The summed E-state index contributed by atoms with van der Waals surface area (Å²) in [7, 11) is 0. The van der Waals surface area contributed by atoms with Crippen LogP contribution in [0.3, 0.4) is 0 Å². The van der Waals surface area contributed by atoms with Gasteiger partial charge in [-0.3, -0.25) is 4.79 Å². The van der Waals surface area contributed by atoms with Gasteiger partial charge in [-0.15, -0.1) is 0 Å². The van der Waals surface area contributed by atoms with Crippen LogP contribution in [0.4, 0.5) is 5.69 Å². The number of anilines is 1. The van der Waals surface area contributed by atoms with Gasteiger partial charge in [0.15, 0.2) is 0 Å². The van der Waals surface area contributed by atoms with Gasteiger partial charge in [-0.1, -0.05) is 0 Å². The maximum absolute atomic E-state index is 12.5. The summed E-state index contributed by atoms with van der Waals surface area (Å²) in [6.45, 7) is 5.05. The van der Waals surface area contributed by atoms with Gasteiger partial charge in [0.2, 0.25) is 0 Å². The molecule has 3 aromatic rings. The number of amides is 1. The molecule has 0 bridgehead atoms. The van der Waals surface area contributed by atoms with Gasteiger partial charge in [0.1, 0.15) is 11.3 Å². The number of hydrogen-bond donors (Lipinski definition) is 1. The summed E-state index contributed by atoms with van der Waals surface area (Å²) in [6.07, 6.45) is 0. The van der Waals surface area contributed by atoms with Crippen molar-refractivity contribution in [2.24, 2.45) is 0 Å². The first kappa shape index (κ1) is 15.7. The maximum Gasteiger partial charge on any atom is 0.336 e. The molecule has 122 valence electrons. The maximum atomic E-state index is 12.5. The summed E-state index contributed by atoms with van der Waals surface area (Å²) in [6, 6.07) is 7.76. The van der Waals surface area contributed by atoms with Crippen LogP contribution in [0.25, 0.3) is 11.0 Å². The van der Waals surface area contributed by atoms with Crippen molar-refractivity contribution in [3.8, 4) is 0 Å². The van der Waals surface area contributed by atoms with Crippen molar-refractivity contribution in [2.45, 2.75) is 20.8 Å². The molecule has 1 amide bonds. The molecule has 0 fully saturated rings. The predicted octanol–water partition coefficient (Wildman–Crippen LogP) is 2.92. The highest BCUT2D eigenvalue weighted by Crippen LogP contribution is 2.22. The third-order valence-corrected chi connectivity index (χ3v) is 3.77. The van der Waals surface area contributed by atoms with Gasteiger partial charge >= 0.3 is 11.3 Å². The first-order chi connectivity index (χ1) is 11.3.